The van der Waals surface area contributed by atoms with Crippen LogP contribution >= 0.6 is 23.2 Å². The zero-order chi connectivity index (χ0) is 21.0. The molecule has 0 aliphatic carbocycles. The molecule has 0 unspecified atom stereocenters. The number of hydrogen-bond donors (Lipinski definition) is 1. The summed E-state index contributed by atoms with van der Waals surface area (Å²) in [6.07, 6.45) is 3.11. The highest BCUT2D eigenvalue weighted by molar-refractivity contribution is 6.35. The summed E-state index contributed by atoms with van der Waals surface area (Å²) in [6.45, 7) is 2.92. The van der Waals surface area contributed by atoms with Crippen LogP contribution in [-0.4, -0.2) is 16.7 Å². The van der Waals surface area contributed by atoms with E-state index in [1.54, 1.807) is 48.7 Å². The van der Waals surface area contributed by atoms with Crippen LogP contribution in [-0.2, 0) is 6.54 Å². The zero-order valence-electron chi connectivity index (χ0n) is 15.9. The topological polar surface area (TPSA) is 51.2 Å². The summed E-state index contributed by atoms with van der Waals surface area (Å²) in [6, 6.07) is 13.8. The van der Waals surface area contributed by atoms with Crippen molar-refractivity contribution in [2.45, 2.75) is 26.2 Å². The van der Waals surface area contributed by atoms with Crippen molar-refractivity contribution in [2.75, 3.05) is 0 Å². The van der Waals surface area contributed by atoms with E-state index in [2.05, 4.69) is 10.3 Å². The van der Waals surface area contributed by atoms with Crippen LogP contribution in [0.5, 0.6) is 5.75 Å². The minimum absolute atomic E-state index is 0.258. The quantitative estimate of drug-likeness (QED) is 0.514. The standard InChI is InChI=1S/C22H19Cl2FN2O2/c1-22(2,25)29-19-5-3-4-14(9-19)16-8-17(12-26-11-16)21(28)27-13-15-6-7-18(23)10-20(15)24/h3-12H,13H2,1-2H3,(H,27,28). The number of hydrogen-bond acceptors (Lipinski definition) is 3. The van der Waals surface area contributed by atoms with Crippen LogP contribution in [0.25, 0.3) is 11.1 Å². The smallest absolute Gasteiger partial charge is 0.253 e. The molecule has 3 rings (SSSR count). The lowest BCUT2D eigenvalue weighted by Gasteiger charge is -2.17. The van der Waals surface area contributed by atoms with Gasteiger partial charge < -0.3 is 10.1 Å². The summed E-state index contributed by atoms with van der Waals surface area (Å²) >= 11 is 12.0. The average molecular weight is 433 g/mol. The van der Waals surface area contributed by atoms with E-state index in [0.29, 0.717) is 26.9 Å². The molecule has 1 aromatic heterocycles. The molecule has 0 spiro atoms. The maximum atomic E-state index is 13.7. The van der Waals surface area contributed by atoms with Gasteiger partial charge in [-0.15, -0.1) is 0 Å². The lowest BCUT2D eigenvalue weighted by molar-refractivity contribution is -0.0256. The molecule has 1 N–H and O–H groups in total. The Morgan fingerprint density at radius 2 is 1.90 bits per heavy atom. The molecule has 0 bridgehead atoms. The minimum atomic E-state index is -1.79. The van der Waals surface area contributed by atoms with Crippen molar-refractivity contribution < 1.29 is 13.9 Å². The molecule has 7 heteroatoms. The number of halogens is 3. The summed E-state index contributed by atoms with van der Waals surface area (Å²) in [5.74, 6) is -1.69. The summed E-state index contributed by atoms with van der Waals surface area (Å²) in [5, 5.41) is 3.83. The number of aromatic nitrogens is 1. The van der Waals surface area contributed by atoms with E-state index >= 15 is 0 Å². The Bertz CT molecular complexity index is 1040. The summed E-state index contributed by atoms with van der Waals surface area (Å²) < 4.78 is 19.0. The van der Waals surface area contributed by atoms with Gasteiger partial charge in [0.2, 0.25) is 5.85 Å². The molecule has 0 aliphatic rings. The Balaban J connectivity index is 1.75. The Kier molecular flexibility index (Phi) is 6.40. The molecule has 0 saturated carbocycles. The van der Waals surface area contributed by atoms with Gasteiger partial charge in [-0.2, -0.15) is 4.39 Å². The number of benzene rings is 2. The van der Waals surface area contributed by atoms with Crippen molar-refractivity contribution >= 4 is 29.1 Å². The van der Waals surface area contributed by atoms with Crippen molar-refractivity contribution in [1.82, 2.24) is 10.3 Å². The molecule has 0 atom stereocenters. The van der Waals surface area contributed by atoms with Crippen LogP contribution < -0.4 is 10.1 Å². The first-order valence-electron chi connectivity index (χ1n) is 8.87. The van der Waals surface area contributed by atoms with Gasteiger partial charge in [0.1, 0.15) is 5.75 Å². The highest BCUT2D eigenvalue weighted by Gasteiger charge is 2.17. The van der Waals surface area contributed by atoms with E-state index in [1.807, 2.05) is 6.07 Å². The van der Waals surface area contributed by atoms with Gasteiger partial charge in [-0.3, -0.25) is 9.78 Å². The van der Waals surface area contributed by atoms with E-state index in [0.717, 1.165) is 11.1 Å². The van der Waals surface area contributed by atoms with E-state index < -0.39 is 5.85 Å². The fraction of sp³-hybridized carbons (Fsp3) is 0.182. The average Bonchev–Trinajstić information content (AvgIpc) is 2.66. The number of pyridine rings is 1. The molecule has 1 heterocycles. The van der Waals surface area contributed by atoms with Gasteiger partial charge in [-0.1, -0.05) is 41.4 Å². The predicted octanol–water partition coefficient (Wildman–Crippen LogP) is 6.07. The molecule has 0 fully saturated rings. The Morgan fingerprint density at radius 1 is 1.10 bits per heavy atom. The first kappa shape index (κ1) is 21.1. The largest absolute Gasteiger partial charge is 0.459 e. The monoisotopic (exact) mass is 432 g/mol. The second-order valence-electron chi connectivity index (χ2n) is 6.87. The van der Waals surface area contributed by atoms with Crippen molar-refractivity contribution in [2.24, 2.45) is 0 Å². The number of ether oxygens (including phenoxy) is 1. The van der Waals surface area contributed by atoms with Gasteiger partial charge in [0, 0.05) is 48.4 Å². The number of nitrogens with one attached hydrogen (secondary N) is 1. The van der Waals surface area contributed by atoms with Gasteiger partial charge in [0.05, 0.1) is 5.56 Å². The highest BCUT2D eigenvalue weighted by Crippen LogP contribution is 2.27. The van der Waals surface area contributed by atoms with Gasteiger partial charge in [-0.25, -0.2) is 0 Å². The minimum Gasteiger partial charge on any atom is -0.459 e. The molecule has 150 valence electrons. The Morgan fingerprint density at radius 3 is 2.62 bits per heavy atom. The van der Waals surface area contributed by atoms with Crippen molar-refractivity contribution in [1.29, 1.82) is 0 Å². The summed E-state index contributed by atoms with van der Waals surface area (Å²) in [5.41, 5.74) is 2.62. The third-order valence-corrected chi connectivity index (χ3v) is 4.57. The second kappa shape index (κ2) is 8.80. The van der Waals surface area contributed by atoms with Crippen LogP contribution in [0.1, 0.15) is 29.8 Å². The molecular formula is C22H19Cl2FN2O2. The van der Waals surface area contributed by atoms with Crippen molar-refractivity contribution in [3.63, 3.8) is 0 Å². The molecule has 0 aliphatic heterocycles. The number of amides is 1. The maximum Gasteiger partial charge on any atom is 0.253 e. The van der Waals surface area contributed by atoms with Crippen molar-refractivity contribution in [3.05, 3.63) is 82.1 Å². The van der Waals surface area contributed by atoms with E-state index in [1.165, 1.54) is 20.0 Å². The van der Waals surface area contributed by atoms with Crippen LogP contribution in [0.15, 0.2) is 60.9 Å². The molecule has 2 aromatic carbocycles. The molecule has 4 nitrogen and oxygen atoms in total. The van der Waals surface area contributed by atoms with Gasteiger partial charge in [0.15, 0.2) is 0 Å². The summed E-state index contributed by atoms with van der Waals surface area (Å²) in [4.78, 5) is 16.7. The van der Waals surface area contributed by atoms with E-state index in [4.69, 9.17) is 27.9 Å². The van der Waals surface area contributed by atoms with Crippen LogP contribution in [0.2, 0.25) is 10.0 Å². The molecule has 0 saturated heterocycles. The van der Waals surface area contributed by atoms with Crippen molar-refractivity contribution in [3.8, 4) is 16.9 Å². The predicted molar refractivity (Wildman–Crippen MR) is 113 cm³/mol. The van der Waals surface area contributed by atoms with Gasteiger partial charge in [-0.05, 0) is 41.5 Å². The number of carbonyl (C=O) groups is 1. The first-order valence-corrected chi connectivity index (χ1v) is 9.62. The zero-order valence-corrected chi connectivity index (χ0v) is 17.4. The molecule has 29 heavy (non-hydrogen) atoms. The van der Waals surface area contributed by atoms with Crippen LogP contribution in [0.4, 0.5) is 4.39 Å². The molecule has 3 aromatic rings. The third-order valence-electron chi connectivity index (χ3n) is 3.98. The number of rotatable bonds is 6. The highest BCUT2D eigenvalue weighted by atomic mass is 35.5. The SMILES string of the molecule is CC(C)(F)Oc1cccc(-c2cncc(C(=O)NCc3ccc(Cl)cc3Cl)c2)c1. The Labute approximate surface area is 178 Å². The Hall–Kier alpha value is -2.63. The van der Waals surface area contributed by atoms with Gasteiger partial charge >= 0.3 is 0 Å². The van der Waals surface area contributed by atoms with E-state index in [-0.39, 0.29) is 12.5 Å². The molecule has 0 radical (unpaired) electrons. The molecular weight excluding hydrogens is 414 g/mol. The lowest BCUT2D eigenvalue weighted by Crippen LogP contribution is -2.23. The fourth-order valence-corrected chi connectivity index (χ4v) is 3.16. The fourth-order valence-electron chi connectivity index (χ4n) is 2.68. The third kappa shape index (κ3) is 5.92. The van der Waals surface area contributed by atoms with Gasteiger partial charge in [0.25, 0.3) is 5.91 Å². The molecule has 1 amide bonds. The van der Waals surface area contributed by atoms with E-state index in [9.17, 15) is 9.18 Å². The lowest BCUT2D eigenvalue weighted by atomic mass is 10.1. The second-order valence-corrected chi connectivity index (χ2v) is 7.72. The number of nitrogens with zero attached hydrogens (tertiary/aromatic N) is 1. The number of carbonyl (C=O) groups excluding carboxylic acids is 1. The first-order chi connectivity index (χ1) is 13.7. The normalized spacial score (nSPS) is 11.2. The number of alkyl halides is 1. The summed E-state index contributed by atoms with van der Waals surface area (Å²) in [7, 11) is 0. The van der Waals surface area contributed by atoms with Crippen LogP contribution in [0, 0.1) is 0 Å². The van der Waals surface area contributed by atoms with Crippen LogP contribution in [0.3, 0.4) is 0 Å². The maximum absolute atomic E-state index is 13.7.